The maximum Gasteiger partial charge on any atom is 0.190 e. The molecule has 0 spiro atoms. The van der Waals surface area contributed by atoms with Crippen LogP contribution in [0, 0.1) is 5.92 Å². The average molecular weight is 442 g/mol. The Morgan fingerprint density at radius 2 is 1.88 bits per heavy atom. The fourth-order valence-corrected chi connectivity index (χ4v) is 5.15. The Balaban J connectivity index is 1.20. The fraction of sp³-hybridized carbons (Fsp3) is 0.393. The second-order valence-corrected chi connectivity index (χ2v) is 9.45. The summed E-state index contributed by atoms with van der Waals surface area (Å²) in [6.07, 6.45) is 15.8. The Hall–Kier alpha value is -3.21. The number of nitrogens with zero attached hydrogens (tertiary/aromatic N) is 2. The van der Waals surface area contributed by atoms with Crippen molar-refractivity contribution >= 4 is 22.3 Å². The highest BCUT2D eigenvalue weighted by Crippen LogP contribution is 2.27. The van der Waals surface area contributed by atoms with Crippen LogP contribution in [0.15, 0.2) is 59.7 Å². The molecule has 0 atom stereocenters. The molecule has 0 bridgehead atoms. The lowest BCUT2D eigenvalue weighted by Crippen LogP contribution is -2.10. The maximum atomic E-state index is 12.7. The van der Waals surface area contributed by atoms with Gasteiger partial charge < -0.3 is 9.38 Å². The van der Waals surface area contributed by atoms with Crippen LogP contribution in [0.5, 0.6) is 0 Å². The Labute approximate surface area is 193 Å². The predicted octanol–water partition coefficient (Wildman–Crippen LogP) is 5.89. The Morgan fingerprint density at radius 1 is 1.03 bits per heavy atom. The number of ketones is 1. The van der Waals surface area contributed by atoms with E-state index < -0.39 is 0 Å². The van der Waals surface area contributed by atoms with Gasteiger partial charge >= 0.3 is 0 Å². The SMILES string of the molecule is O=C(CCc1cn2cc(CCCC3CCCCC3)ccc2n1)c1cc(=O)c2ccccc2[nH]1. The average Bonchev–Trinajstić information content (AvgIpc) is 3.25. The zero-order valence-corrected chi connectivity index (χ0v) is 19.1. The van der Waals surface area contributed by atoms with Crippen LogP contribution in [-0.4, -0.2) is 20.2 Å². The second kappa shape index (κ2) is 9.74. The highest BCUT2D eigenvalue weighted by atomic mass is 16.1. The van der Waals surface area contributed by atoms with Crippen LogP contribution in [0.3, 0.4) is 0 Å². The lowest BCUT2D eigenvalue weighted by molar-refractivity contribution is 0.0978. The molecular formula is C28H31N3O2. The topological polar surface area (TPSA) is 67.2 Å². The maximum absolute atomic E-state index is 12.7. The predicted molar refractivity (Wildman–Crippen MR) is 132 cm³/mol. The standard InChI is InChI=1S/C28H31N3O2/c32-26(25-17-27(33)23-11-4-5-12-24(23)30-25)15-14-22-19-31-18-21(13-16-28(31)29-22)10-6-9-20-7-2-1-3-8-20/h4-5,11-13,16-20H,1-3,6-10,14-15H2,(H,30,33). The van der Waals surface area contributed by atoms with E-state index in [2.05, 4.69) is 32.7 Å². The van der Waals surface area contributed by atoms with Crippen molar-refractivity contribution in [1.29, 1.82) is 0 Å². The molecule has 5 heteroatoms. The molecule has 4 aromatic rings. The van der Waals surface area contributed by atoms with Crippen LogP contribution >= 0.6 is 0 Å². The van der Waals surface area contributed by atoms with E-state index in [0.717, 1.165) is 23.7 Å². The van der Waals surface area contributed by atoms with Gasteiger partial charge in [0.1, 0.15) is 5.65 Å². The zero-order valence-electron chi connectivity index (χ0n) is 19.1. The Kier molecular flexibility index (Phi) is 6.38. The minimum Gasteiger partial charge on any atom is -0.352 e. The third-order valence-electron chi connectivity index (χ3n) is 7.01. The number of H-pyrrole nitrogens is 1. The zero-order chi connectivity index (χ0) is 22.6. The summed E-state index contributed by atoms with van der Waals surface area (Å²) in [4.78, 5) is 32.8. The van der Waals surface area contributed by atoms with Gasteiger partial charge in [-0.3, -0.25) is 9.59 Å². The van der Waals surface area contributed by atoms with Crippen molar-refractivity contribution in [2.45, 2.75) is 64.2 Å². The quantitative estimate of drug-likeness (QED) is 0.347. The summed E-state index contributed by atoms with van der Waals surface area (Å²) in [5.41, 5.74) is 4.07. The van der Waals surface area contributed by atoms with Crippen molar-refractivity contribution in [3.63, 3.8) is 0 Å². The Bertz CT molecular complexity index is 1330. The molecule has 0 aliphatic heterocycles. The Morgan fingerprint density at radius 3 is 2.76 bits per heavy atom. The third-order valence-corrected chi connectivity index (χ3v) is 7.01. The molecule has 5 rings (SSSR count). The minimum absolute atomic E-state index is 0.0710. The molecule has 0 unspecified atom stereocenters. The number of rotatable bonds is 8. The summed E-state index contributed by atoms with van der Waals surface area (Å²) in [6.45, 7) is 0. The molecule has 0 saturated heterocycles. The largest absolute Gasteiger partial charge is 0.352 e. The number of carbonyl (C=O) groups is 1. The number of aromatic nitrogens is 3. The number of Topliss-reactive ketones (excluding diaryl/α,β-unsaturated/α-hetero) is 1. The van der Waals surface area contributed by atoms with Crippen LogP contribution in [0.1, 0.15) is 73.1 Å². The lowest BCUT2D eigenvalue weighted by Gasteiger charge is -2.21. The number of imidazole rings is 1. The van der Waals surface area contributed by atoms with Gasteiger partial charge in [0.2, 0.25) is 0 Å². The fourth-order valence-electron chi connectivity index (χ4n) is 5.15. The first kappa shape index (κ1) is 21.6. The monoisotopic (exact) mass is 441 g/mol. The van der Waals surface area contributed by atoms with Crippen molar-refractivity contribution < 1.29 is 4.79 Å². The van der Waals surface area contributed by atoms with Gasteiger partial charge in [-0.15, -0.1) is 0 Å². The first-order chi connectivity index (χ1) is 16.2. The molecule has 1 fully saturated rings. The molecule has 170 valence electrons. The van der Waals surface area contributed by atoms with Crippen molar-refractivity contribution in [3.05, 3.63) is 82.0 Å². The molecule has 1 aromatic carbocycles. The van der Waals surface area contributed by atoms with E-state index in [1.807, 2.05) is 24.4 Å². The van der Waals surface area contributed by atoms with Crippen molar-refractivity contribution in [1.82, 2.24) is 14.4 Å². The number of nitrogens with one attached hydrogen (secondary N) is 1. The van der Waals surface area contributed by atoms with Crippen LogP contribution in [0.4, 0.5) is 0 Å². The summed E-state index contributed by atoms with van der Waals surface area (Å²) in [6, 6.07) is 12.9. The molecule has 1 N–H and O–H groups in total. The highest BCUT2D eigenvalue weighted by Gasteiger charge is 2.14. The van der Waals surface area contributed by atoms with Gasteiger partial charge in [0.05, 0.1) is 11.4 Å². The number of carbonyl (C=O) groups excluding carboxylic acids is 1. The van der Waals surface area contributed by atoms with Crippen LogP contribution in [0.2, 0.25) is 0 Å². The van der Waals surface area contributed by atoms with E-state index in [9.17, 15) is 9.59 Å². The number of fused-ring (bicyclic) bond motifs is 2. The number of para-hydroxylation sites is 1. The molecule has 1 aliphatic rings. The molecule has 33 heavy (non-hydrogen) atoms. The molecule has 3 aromatic heterocycles. The number of pyridine rings is 2. The van der Waals surface area contributed by atoms with Gasteiger partial charge in [-0.25, -0.2) is 4.98 Å². The van der Waals surface area contributed by atoms with Crippen LogP contribution in [-0.2, 0) is 12.8 Å². The summed E-state index contributed by atoms with van der Waals surface area (Å²) in [7, 11) is 0. The molecule has 0 radical (unpaired) electrons. The van der Waals surface area contributed by atoms with E-state index in [1.165, 1.54) is 56.6 Å². The number of aryl methyl sites for hydroxylation is 2. The highest BCUT2D eigenvalue weighted by molar-refractivity contribution is 5.96. The molecule has 1 aliphatic carbocycles. The first-order valence-corrected chi connectivity index (χ1v) is 12.3. The van der Waals surface area contributed by atoms with Gasteiger partial charge in [-0.2, -0.15) is 0 Å². The molecule has 1 saturated carbocycles. The van der Waals surface area contributed by atoms with Crippen molar-refractivity contribution in [2.24, 2.45) is 5.92 Å². The van der Waals surface area contributed by atoms with Gasteiger partial charge in [-0.1, -0.05) is 56.7 Å². The van der Waals surface area contributed by atoms with Crippen molar-refractivity contribution in [3.8, 4) is 0 Å². The molecule has 5 nitrogen and oxygen atoms in total. The van der Waals surface area contributed by atoms with E-state index in [4.69, 9.17) is 0 Å². The van der Waals surface area contributed by atoms with Crippen molar-refractivity contribution in [2.75, 3.05) is 0 Å². The normalized spacial score (nSPS) is 14.8. The van der Waals surface area contributed by atoms with E-state index in [1.54, 1.807) is 6.07 Å². The molecule has 0 amide bonds. The van der Waals surface area contributed by atoms with Gasteiger partial charge in [0.25, 0.3) is 0 Å². The van der Waals surface area contributed by atoms with Crippen LogP contribution < -0.4 is 5.43 Å². The smallest absolute Gasteiger partial charge is 0.190 e. The number of aromatic amines is 1. The van der Waals surface area contributed by atoms with E-state index in [-0.39, 0.29) is 11.2 Å². The number of hydrogen-bond acceptors (Lipinski definition) is 3. The van der Waals surface area contributed by atoms with E-state index >= 15 is 0 Å². The van der Waals surface area contributed by atoms with Gasteiger partial charge in [-0.05, 0) is 48.9 Å². The summed E-state index contributed by atoms with van der Waals surface area (Å²) in [5.74, 6) is 0.857. The summed E-state index contributed by atoms with van der Waals surface area (Å²) >= 11 is 0. The van der Waals surface area contributed by atoms with Gasteiger partial charge in [0.15, 0.2) is 11.2 Å². The second-order valence-electron chi connectivity index (χ2n) is 9.45. The molecular weight excluding hydrogens is 410 g/mol. The minimum atomic E-state index is -0.128. The molecule has 3 heterocycles. The summed E-state index contributed by atoms with van der Waals surface area (Å²) in [5, 5.41) is 0.601. The first-order valence-electron chi connectivity index (χ1n) is 12.3. The van der Waals surface area contributed by atoms with Gasteiger partial charge in [0, 0.05) is 35.8 Å². The van der Waals surface area contributed by atoms with E-state index in [0.29, 0.717) is 29.4 Å². The van der Waals surface area contributed by atoms with Crippen LogP contribution in [0.25, 0.3) is 16.6 Å². The number of hydrogen-bond donors (Lipinski definition) is 1. The lowest BCUT2D eigenvalue weighted by atomic mass is 9.85. The number of benzene rings is 1. The third kappa shape index (κ3) is 5.08. The summed E-state index contributed by atoms with van der Waals surface area (Å²) < 4.78 is 2.08.